The first-order chi connectivity index (χ1) is 15.1. The van der Waals surface area contributed by atoms with E-state index in [1.807, 2.05) is 41.9 Å². The molecule has 1 aliphatic heterocycles. The van der Waals surface area contributed by atoms with Gasteiger partial charge >= 0.3 is 0 Å². The second kappa shape index (κ2) is 8.03. The number of fused-ring (bicyclic) bond motifs is 2. The maximum atomic E-state index is 13.2. The third-order valence-corrected chi connectivity index (χ3v) is 6.28. The molecule has 0 saturated carbocycles. The average Bonchev–Trinajstić information content (AvgIpc) is 3.35. The first-order valence-corrected chi connectivity index (χ1v) is 10.8. The summed E-state index contributed by atoms with van der Waals surface area (Å²) in [6, 6.07) is 15.7. The molecule has 1 amide bonds. The van der Waals surface area contributed by atoms with Gasteiger partial charge in [0.15, 0.2) is 11.5 Å². The van der Waals surface area contributed by atoms with Crippen molar-refractivity contribution in [1.29, 1.82) is 0 Å². The summed E-state index contributed by atoms with van der Waals surface area (Å²) in [5.41, 5.74) is 1.80. The van der Waals surface area contributed by atoms with Crippen LogP contribution in [0.4, 0.5) is 4.39 Å². The smallest absolute Gasteiger partial charge is 0.261 e. The fourth-order valence-corrected chi connectivity index (χ4v) is 4.63. The predicted octanol–water partition coefficient (Wildman–Crippen LogP) is 4.16. The number of ether oxygens (including phenoxy) is 2. The van der Waals surface area contributed by atoms with Crippen LogP contribution in [0, 0.1) is 12.7 Å². The molecule has 0 spiro atoms. The van der Waals surface area contributed by atoms with Gasteiger partial charge in [-0.15, -0.1) is 11.3 Å². The highest BCUT2D eigenvalue weighted by atomic mass is 32.1. The van der Waals surface area contributed by atoms with E-state index in [0.29, 0.717) is 30.3 Å². The van der Waals surface area contributed by atoms with Crippen molar-refractivity contribution in [3.05, 3.63) is 76.5 Å². The van der Waals surface area contributed by atoms with E-state index in [4.69, 9.17) is 9.47 Å². The monoisotopic (exact) mass is 437 g/mol. The summed E-state index contributed by atoms with van der Waals surface area (Å²) in [5, 5.41) is 8.46. The second-order valence-corrected chi connectivity index (χ2v) is 8.44. The Morgan fingerprint density at radius 1 is 1.23 bits per heavy atom. The first kappa shape index (κ1) is 19.6. The molecule has 2 aromatic carbocycles. The molecule has 0 bridgehead atoms. The van der Waals surface area contributed by atoms with Gasteiger partial charge in [-0.1, -0.05) is 24.3 Å². The SMILES string of the molecule is Cc1nn(Cc2ccc(F)cc2)c2sc(C(=O)NCC3COc4ccccc4O3)cc12. The average molecular weight is 437 g/mol. The van der Waals surface area contributed by atoms with Crippen molar-refractivity contribution in [3.63, 3.8) is 0 Å². The Morgan fingerprint density at radius 2 is 2.00 bits per heavy atom. The molecule has 1 N–H and O–H groups in total. The van der Waals surface area contributed by atoms with Crippen LogP contribution < -0.4 is 14.8 Å². The molecule has 0 fully saturated rings. The lowest BCUT2D eigenvalue weighted by Gasteiger charge is -2.26. The summed E-state index contributed by atoms with van der Waals surface area (Å²) in [5.74, 6) is 0.981. The minimum absolute atomic E-state index is 0.156. The Kier molecular flexibility index (Phi) is 5.07. The summed E-state index contributed by atoms with van der Waals surface area (Å²) in [6.45, 7) is 3.17. The quantitative estimate of drug-likeness (QED) is 0.509. The second-order valence-electron chi connectivity index (χ2n) is 7.41. The molecule has 1 atom stereocenters. The van der Waals surface area contributed by atoms with E-state index < -0.39 is 0 Å². The zero-order valence-electron chi connectivity index (χ0n) is 16.8. The minimum Gasteiger partial charge on any atom is -0.486 e. The number of nitrogens with one attached hydrogen (secondary N) is 1. The normalized spacial score (nSPS) is 15.2. The topological polar surface area (TPSA) is 65.4 Å². The number of carbonyl (C=O) groups excluding carboxylic acids is 1. The van der Waals surface area contributed by atoms with Crippen LogP contribution in [-0.4, -0.2) is 34.9 Å². The summed E-state index contributed by atoms with van der Waals surface area (Å²) >= 11 is 1.39. The molecule has 8 heteroatoms. The lowest BCUT2D eigenvalue weighted by atomic mass is 10.2. The summed E-state index contributed by atoms with van der Waals surface area (Å²) in [6.07, 6.45) is -0.246. The van der Waals surface area contributed by atoms with Crippen LogP contribution in [0.2, 0.25) is 0 Å². The van der Waals surface area contributed by atoms with Crippen molar-refractivity contribution in [2.24, 2.45) is 0 Å². The number of para-hydroxylation sites is 2. The van der Waals surface area contributed by atoms with Crippen molar-refractivity contribution < 1.29 is 18.7 Å². The third kappa shape index (κ3) is 3.98. The summed E-state index contributed by atoms with van der Waals surface area (Å²) in [7, 11) is 0. The third-order valence-electron chi connectivity index (χ3n) is 5.13. The van der Waals surface area contributed by atoms with Crippen LogP contribution in [0.3, 0.4) is 0 Å². The first-order valence-electron chi connectivity index (χ1n) is 9.95. The van der Waals surface area contributed by atoms with Crippen LogP contribution in [0.5, 0.6) is 11.5 Å². The van der Waals surface area contributed by atoms with E-state index in [0.717, 1.165) is 27.2 Å². The fourth-order valence-electron chi connectivity index (χ4n) is 3.55. The number of nitrogens with zero attached hydrogens (tertiary/aromatic N) is 2. The van der Waals surface area contributed by atoms with E-state index in [1.165, 1.54) is 23.5 Å². The minimum atomic E-state index is -0.267. The Hall–Kier alpha value is -3.39. The standard InChI is InChI=1S/C23H20FN3O3S/c1-14-18-10-21(31-23(18)27(26-14)12-15-6-8-16(24)9-7-15)22(28)25-11-17-13-29-19-4-2-3-5-20(19)30-17/h2-10,17H,11-13H2,1H3,(H,25,28). The molecule has 0 radical (unpaired) electrons. The molecule has 2 aromatic heterocycles. The highest BCUT2D eigenvalue weighted by Gasteiger charge is 2.22. The molecule has 1 unspecified atom stereocenters. The van der Waals surface area contributed by atoms with Crippen molar-refractivity contribution in [2.45, 2.75) is 19.6 Å². The van der Waals surface area contributed by atoms with Crippen molar-refractivity contribution >= 4 is 27.5 Å². The lowest BCUT2D eigenvalue weighted by Crippen LogP contribution is -2.40. The molecule has 31 heavy (non-hydrogen) atoms. The largest absolute Gasteiger partial charge is 0.486 e. The van der Waals surface area contributed by atoms with Crippen molar-refractivity contribution in [3.8, 4) is 11.5 Å². The maximum absolute atomic E-state index is 13.2. The van der Waals surface area contributed by atoms with Crippen LogP contribution in [0.1, 0.15) is 20.9 Å². The fraction of sp³-hybridized carbons (Fsp3) is 0.217. The number of aryl methyl sites for hydroxylation is 1. The number of amides is 1. The molecule has 0 saturated heterocycles. The zero-order chi connectivity index (χ0) is 21.4. The van der Waals surface area contributed by atoms with Gasteiger partial charge in [0.25, 0.3) is 5.91 Å². The number of hydrogen-bond acceptors (Lipinski definition) is 5. The van der Waals surface area contributed by atoms with Crippen molar-refractivity contribution in [2.75, 3.05) is 13.2 Å². The van der Waals surface area contributed by atoms with E-state index in [1.54, 1.807) is 12.1 Å². The van der Waals surface area contributed by atoms with Gasteiger partial charge in [0.2, 0.25) is 0 Å². The van der Waals surface area contributed by atoms with E-state index in [2.05, 4.69) is 10.4 Å². The lowest BCUT2D eigenvalue weighted by molar-refractivity contribution is 0.0791. The molecule has 6 nitrogen and oxygen atoms in total. The number of hydrogen-bond donors (Lipinski definition) is 1. The summed E-state index contributed by atoms with van der Waals surface area (Å²) < 4.78 is 26.6. The van der Waals surface area contributed by atoms with Gasteiger partial charge < -0.3 is 14.8 Å². The highest BCUT2D eigenvalue weighted by molar-refractivity contribution is 7.20. The van der Waals surface area contributed by atoms with Gasteiger partial charge in [0, 0.05) is 5.39 Å². The molecule has 4 aromatic rings. The van der Waals surface area contributed by atoms with Crippen LogP contribution in [-0.2, 0) is 6.54 Å². The van der Waals surface area contributed by atoms with E-state index in [-0.39, 0.29) is 17.8 Å². The highest BCUT2D eigenvalue weighted by Crippen LogP contribution is 2.31. The Morgan fingerprint density at radius 3 is 2.81 bits per heavy atom. The van der Waals surface area contributed by atoms with Crippen LogP contribution >= 0.6 is 11.3 Å². The molecule has 3 heterocycles. The van der Waals surface area contributed by atoms with E-state index in [9.17, 15) is 9.18 Å². The number of thiophene rings is 1. The Bertz CT molecular complexity index is 1250. The molecular formula is C23H20FN3O3S. The zero-order valence-corrected chi connectivity index (χ0v) is 17.6. The molecule has 5 rings (SSSR count). The van der Waals surface area contributed by atoms with Crippen molar-refractivity contribution in [1.82, 2.24) is 15.1 Å². The molecule has 1 aliphatic rings. The molecule has 158 valence electrons. The van der Waals surface area contributed by atoms with Gasteiger partial charge in [-0.05, 0) is 42.8 Å². The Labute approximate surface area is 182 Å². The maximum Gasteiger partial charge on any atom is 0.261 e. The predicted molar refractivity (Wildman–Crippen MR) is 117 cm³/mol. The van der Waals surface area contributed by atoms with Gasteiger partial charge in [-0.3, -0.25) is 9.48 Å². The molecular weight excluding hydrogens is 417 g/mol. The number of carbonyl (C=O) groups is 1. The van der Waals surface area contributed by atoms with Crippen LogP contribution in [0.25, 0.3) is 10.2 Å². The number of benzene rings is 2. The number of aromatic nitrogens is 2. The number of halogens is 1. The van der Waals surface area contributed by atoms with Gasteiger partial charge in [-0.25, -0.2) is 4.39 Å². The van der Waals surface area contributed by atoms with Gasteiger partial charge in [0.05, 0.1) is 23.7 Å². The summed E-state index contributed by atoms with van der Waals surface area (Å²) in [4.78, 5) is 14.3. The van der Waals surface area contributed by atoms with Crippen LogP contribution in [0.15, 0.2) is 54.6 Å². The Balaban J connectivity index is 1.28. The number of rotatable bonds is 5. The van der Waals surface area contributed by atoms with Gasteiger partial charge in [0.1, 0.15) is 23.4 Å². The van der Waals surface area contributed by atoms with Gasteiger partial charge in [-0.2, -0.15) is 5.10 Å². The molecule has 0 aliphatic carbocycles. The van der Waals surface area contributed by atoms with E-state index >= 15 is 0 Å².